The monoisotopic (exact) mass is 398 g/mol. The van der Waals surface area contributed by atoms with Crippen LogP contribution in [0.1, 0.15) is 17.7 Å². The third kappa shape index (κ3) is 4.60. The van der Waals surface area contributed by atoms with Gasteiger partial charge in [0.15, 0.2) is 0 Å². The Bertz CT molecular complexity index is 998. The van der Waals surface area contributed by atoms with Gasteiger partial charge < -0.3 is 4.98 Å². The number of aryl methyl sites for hydroxylation is 1. The molecule has 0 aliphatic heterocycles. The maximum atomic E-state index is 12.0. The lowest BCUT2D eigenvalue weighted by Gasteiger charge is -2.02. The number of carbonyl (C=O) groups excluding carboxylic acids is 1. The zero-order valence-electron chi connectivity index (χ0n) is 13.2. The van der Waals surface area contributed by atoms with Gasteiger partial charge in [-0.3, -0.25) is 9.59 Å². The number of para-hydroxylation sites is 2. The molecule has 1 aromatic heterocycles. The van der Waals surface area contributed by atoms with Gasteiger partial charge in [-0.1, -0.05) is 40.2 Å². The zero-order chi connectivity index (χ0) is 17.6. The number of nitrogens with zero attached hydrogens (tertiary/aromatic N) is 2. The van der Waals surface area contributed by atoms with E-state index in [0.29, 0.717) is 16.7 Å². The van der Waals surface area contributed by atoms with Crippen LogP contribution in [0, 0.1) is 0 Å². The second-order valence-electron chi connectivity index (χ2n) is 5.38. The minimum absolute atomic E-state index is 0.129. The molecule has 0 bridgehead atoms. The van der Waals surface area contributed by atoms with Crippen LogP contribution < -0.4 is 11.0 Å². The van der Waals surface area contributed by atoms with Crippen LogP contribution in [0.5, 0.6) is 0 Å². The average molecular weight is 399 g/mol. The van der Waals surface area contributed by atoms with Crippen molar-refractivity contribution in [1.29, 1.82) is 0 Å². The lowest BCUT2D eigenvalue weighted by atomic mass is 10.2. The predicted molar refractivity (Wildman–Crippen MR) is 101 cm³/mol. The van der Waals surface area contributed by atoms with Gasteiger partial charge in [0.25, 0.3) is 5.56 Å². The standard InChI is InChI=1S/C18H15BrN4O2/c19-13-5-3-4-12(10-13)11-20-23-17(24)9-8-16-18(25)22-15-7-2-1-6-14(15)21-16/h1-7,10-11H,8-9H2,(H,22,25)(H,23,24)/b20-11-. The van der Waals surface area contributed by atoms with E-state index in [4.69, 9.17) is 0 Å². The van der Waals surface area contributed by atoms with Crippen LogP contribution in [0.15, 0.2) is 62.9 Å². The molecule has 0 unspecified atom stereocenters. The summed E-state index contributed by atoms with van der Waals surface area (Å²) in [6.45, 7) is 0. The first-order chi connectivity index (χ1) is 12.1. The number of carbonyl (C=O) groups is 1. The molecular weight excluding hydrogens is 384 g/mol. The molecule has 25 heavy (non-hydrogen) atoms. The van der Waals surface area contributed by atoms with Crippen LogP contribution in [0.25, 0.3) is 11.0 Å². The number of fused-ring (bicyclic) bond motifs is 1. The van der Waals surface area contributed by atoms with Gasteiger partial charge in [0.2, 0.25) is 5.91 Å². The molecule has 0 saturated heterocycles. The van der Waals surface area contributed by atoms with E-state index in [1.165, 1.54) is 0 Å². The summed E-state index contributed by atoms with van der Waals surface area (Å²) in [5.41, 5.74) is 4.76. The van der Waals surface area contributed by atoms with Crippen molar-refractivity contribution in [3.63, 3.8) is 0 Å². The van der Waals surface area contributed by atoms with Crippen molar-refractivity contribution in [1.82, 2.24) is 15.4 Å². The largest absolute Gasteiger partial charge is 0.319 e. The highest BCUT2D eigenvalue weighted by Gasteiger charge is 2.07. The Kier molecular flexibility index (Phi) is 5.35. The van der Waals surface area contributed by atoms with Gasteiger partial charge in [-0.15, -0.1) is 0 Å². The minimum atomic E-state index is -0.277. The van der Waals surface area contributed by atoms with Gasteiger partial charge in [-0.2, -0.15) is 5.10 Å². The molecule has 0 saturated carbocycles. The Morgan fingerprint density at radius 3 is 2.92 bits per heavy atom. The summed E-state index contributed by atoms with van der Waals surface area (Å²) in [6, 6.07) is 14.8. The minimum Gasteiger partial charge on any atom is -0.319 e. The third-order valence-electron chi connectivity index (χ3n) is 3.51. The van der Waals surface area contributed by atoms with E-state index >= 15 is 0 Å². The maximum Gasteiger partial charge on any atom is 0.270 e. The number of halogens is 1. The molecule has 0 aliphatic rings. The van der Waals surface area contributed by atoms with E-state index in [1.807, 2.05) is 42.5 Å². The number of nitrogens with one attached hydrogen (secondary N) is 2. The Hall–Kier alpha value is -2.80. The summed E-state index contributed by atoms with van der Waals surface area (Å²) < 4.78 is 0.935. The molecule has 1 heterocycles. The van der Waals surface area contributed by atoms with Gasteiger partial charge in [-0.05, 0) is 29.8 Å². The number of aromatic nitrogens is 2. The number of hydrazone groups is 1. The number of benzene rings is 2. The third-order valence-corrected chi connectivity index (χ3v) is 4.00. The summed E-state index contributed by atoms with van der Waals surface area (Å²) in [7, 11) is 0. The average Bonchev–Trinajstić information content (AvgIpc) is 2.60. The normalized spacial score (nSPS) is 11.1. The Morgan fingerprint density at radius 1 is 1.24 bits per heavy atom. The molecule has 126 valence electrons. The van der Waals surface area contributed by atoms with Gasteiger partial charge in [0.1, 0.15) is 5.69 Å². The van der Waals surface area contributed by atoms with Crippen LogP contribution in [0.3, 0.4) is 0 Å². The highest BCUT2D eigenvalue weighted by molar-refractivity contribution is 9.10. The number of rotatable bonds is 5. The first-order valence-electron chi connectivity index (χ1n) is 7.67. The molecule has 2 N–H and O–H groups in total. The van der Waals surface area contributed by atoms with E-state index in [2.05, 4.69) is 36.4 Å². The van der Waals surface area contributed by atoms with Crippen LogP contribution in [0.4, 0.5) is 0 Å². The second kappa shape index (κ2) is 7.85. The highest BCUT2D eigenvalue weighted by Crippen LogP contribution is 2.10. The topological polar surface area (TPSA) is 87.2 Å². The summed E-state index contributed by atoms with van der Waals surface area (Å²) in [5.74, 6) is -0.277. The quantitative estimate of drug-likeness (QED) is 0.511. The fourth-order valence-electron chi connectivity index (χ4n) is 2.29. The van der Waals surface area contributed by atoms with Crippen molar-refractivity contribution in [2.24, 2.45) is 5.10 Å². The molecule has 0 radical (unpaired) electrons. The molecule has 7 heteroatoms. The van der Waals surface area contributed by atoms with Gasteiger partial charge >= 0.3 is 0 Å². The van der Waals surface area contributed by atoms with Crippen molar-refractivity contribution in [2.75, 3.05) is 0 Å². The van der Waals surface area contributed by atoms with Crippen molar-refractivity contribution >= 4 is 39.1 Å². The first kappa shape index (κ1) is 17.0. The molecule has 6 nitrogen and oxygen atoms in total. The number of hydrogen-bond acceptors (Lipinski definition) is 4. The molecule has 0 fully saturated rings. The summed E-state index contributed by atoms with van der Waals surface area (Å²) in [5, 5.41) is 3.92. The molecule has 1 amide bonds. The fourth-order valence-corrected chi connectivity index (χ4v) is 2.71. The smallest absolute Gasteiger partial charge is 0.270 e. The summed E-state index contributed by atoms with van der Waals surface area (Å²) in [6.07, 6.45) is 1.94. The van der Waals surface area contributed by atoms with Crippen molar-refractivity contribution in [2.45, 2.75) is 12.8 Å². The lowest BCUT2D eigenvalue weighted by Crippen LogP contribution is -2.21. The lowest BCUT2D eigenvalue weighted by molar-refractivity contribution is -0.121. The molecule has 3 aromatic rings. The number of amides is 1. The maximum absolute atomic E-state index is 12.0. The van der Waals surface area contributed by atoms with Crippen molar-refractivity contribution in [3.8, 4) is 0 Å². The fraction of sp³-hybridized carbons (Fsp3) is 0.111. The second-order valence-corrected chi connectivity index (χ2v) is 6.29. The molecule has 2 aromatic carbocycles. The molecular formula is C18H15BrN4O2. The summed E-state index contributed by atoms with van der Waals surface area (Å²) >= 11 is 3.37. The number of H-pyrrole nitrogens is 1. The van der Waals surface area contributed by atoms with Crippen LogP contribution in [-0.4, -0.2) is 22.1 Å². The SMILES string of the molecule is O=C(CCc1nc2ccccc2[nH]c1=O)N/N=C\c1cccc(Br)c1. The molecule has 0 atom stereocenters. The molecule has 0 spiro atoms. The number of hydrogen-bond donors (Lipinski definition) is 2. The van der Waals surface area contributed by atoms with Crippen LogP contribution in [0.2, 0.25) is 0 Å². The Morgan fingerprint density at radius 2 is 2.08 bits per heavy atom. The summed E-state index contributed by atoms with van der Waals surface area (Å²) in [4.78, 5) is 31.0. The predicted octanol–water partition coefficient (Wildman–Crippen LogP) is 2.77. The first-order valence-corrected chi connectivity index (χ1v) is 8.46. The van der Waals surface area contributed by atoms with Crippen LogP contribution in [-0.2, 0) is 11.2 Å². The van der Waals surface area contributed by atoms with E-state index < -0.39 is 0 Å². The van der Waals surface area contributed by atoms with Crippen LogP contribution >= 0.6 is 15.9 Å². The zero-order valence-corrected chi connectivity index (χ0v) is 14.8. The van der Waals surface area contributed by atoms with Gasteiger partial charge in [-0.25, -0.2) is 10.4 Å². The highest BCUT2D eigenvalue weighted by atomic mass is 79.9. The Labute approximate surface area is 152 Å². The number of aromatic amines is 1. The van der Waals surface area contributed by atoms with E-state index in [1.54, 1.807) is 12.3 Å². The van der Waals surface area contributed by atoms with Gasteiger partial charge in [0, 0.05) is 17.3 Å². The Balaban J connectivity index is 1.59. The van der Waals surface area contributed by atoms with Gasteiger partial charge in [0.05, 0.1) is 17.2 Å². The van der Waals surface area contributed by atoms with E-state index in [0.717, 1.165) is 10.0 Å². The van der Waals surface area contributed by atoms with Crippen molar-refractivity contribution < 1.29 is 4.79 Å². The van der Waals surface area contributed by atoms with Crippen molar-refractivity contribution in [3.05, 3.63) is 74.6 Å². The molecule has 0 aliphatic carbocycles. The van der Waals surface area contributed by atoms with E-state index in [9.17, 15) is 9.59 Å². The molecule has 3 rings (SSSR count). The van der Waals surface area contributed by atoms with E-state index in [-0.39, 0.29) is 24.3 Å².